The number of benzene rings is 2. The van der Waals surface area contributed by atoms with Gasteiger partial charge in [0.2, 0.25) is 5.91 Å². The van der Waals surface area contributed by atoms with Crippen LogP contribution in [0.1, 0.15) is 6.92 Å². The molecule has 0 aliphatic rings. The smallest absolute Gasteiger partial charge is 0.237 e. The molecule has 0 bridgehead atoms. The van der Waals surface area contributed by atoms with Crippen molar-refractivity contribution in [1.29, 1.82) is 0 Å². The first kappa shape index (κ1) is 18.1. The molecule has 0 saturated carbocycles. The Kier molecular flexibility index (Phi) is 5.68. The summed E-state index contributed by atoms with van der Waals surface area (Å²) in [6, 6.07) is 15.7. The molecule has 0 spiro atoms. The molecule has 5 nitrogen and oxygen atoms in total. The molecule has 0 N–H and O–H groups in total. The number of nitrogens with zero attached hydrogens (tertiary/aromatic N) is 4. The largest absolute Gasteiger partial charge is 0.312 e. The lowest BCUT2D eigenvalue weighted by atomic mass is 10.2. The summed E-state index contributed by atoms with van der Waals surface area (Å²) in [6.45, 7) is 2.55. The average molecular weight is 370 g/mol. The predicted octanol–water partition coefficient (Wildman–Crippen LogP) is 3.77. The second-order valence-corrected chi connectivity index (χ2v) is 6.58. The van der Waals surface area contributed by atoms with E-state index in [4.69, 9.17) is 0 Å². The summed E-state index contributed by atoms with van der Waals surface area (Å²) in [4.78, 5) is 14.3. The fourth-order valence-corrected chi connectivity index (χ4v) is 3.39. The van der Waals surface area contributed by atoms with Crippen LogP contribution >= 0.6 is 11.8 Å². The third-order valence-electron chi connectivity index (χ3n) is 3.95. The van der Waals surface area contributed by atoms with Gasteiger partial charge in [-0.05, 0) is 43.3 Å². The first-order valence-electron chi connectivity index (χ1n) is 8.23. The lowest BCUT2D eigenvalue weighted by molar-refractivity contribution is -0.116. The van der Waals surface area contributed by atoms with E-state index < -0.39 is 0 Å². The number of carbonyl (C=O) groups excluding carboxylic acids is 1. The molecule has 3 rings (SSSR count). The summed E-state index contributed by atoms with van der Waals surface area (Å²) < 4.78 is 14.9. The molecule has 0 unspecified atom stereocenters. The Morgan fingerprint density at radius 1 is 1.12 bits per heavy atom. The number of thioether (sulfide) groups is 1. The summed E-state index contributed by atoms with van der Waals surface area (Å²) in [5, 5.41) is 8.96. The van der Waals surface area contributed by atoms with Gasteiger partial charge in [0, 0.05) is 24.8 Å². The van der Waals surface area contributed by atoms with E-state index in [0.717, 1.165) is 11.3 Å². The van der Waals surface area contributed by atoms with Crippen molar-refractivity contribution in [1.82, 2.24) is 14.8 Å². The predicted molar refractivity (Wildman–Crippen MR) is 102 cm³/mol. The summed E-state index contributed by atoms with van der Waals surface area (Å²) in [6.07, 6.45) is 0. The topological polar surface area (TPSA) is 51.0 Å². The summed E-state index contributed by atoms with van der Waals surface area (Å²) in [5.74, 6) is 0.611. The molecule has 26 heavy (non-hydrogen) atoms. The maximum absolute atomic E-state index is 13.1. The van der Waals surface area contributed by atoms with Gasteiger partial charge in [0.15, 0.2) is 11.0 Å². The molecule has 1 heterocycles. The van der Waals surface area contributed by atoms with E-state index in [-0.39, 0.29) is 17.5 Å². The molecular weight excluding hydrogens is 351 g/mol. The van der Waals surface area contributed by atoms with Crippen molar-refractivity contribution in [3.63, 3.8) is 0 Å². The number of hydrogen-bond donors (Lipinski definition) is 0. The molecule has 1 amide bonds. The Morgan fingerprint density at radius 3 is 2.46 bits per heavy atom. The van der Waals surface area contributed by atoms with Crippen molar-refractivity contribution >= 4 is 23.4 Å². The number of rotatable bonds is 6. The van der Waals surface area contributed by atoms with E-state index in [1.54, 1.807) is 17.0 Å². The molecule has 134 valence electrons. The Morgan fingerprint density at radius 2 is 1.81 bits per heavy atom. The van der Waals surface area contributed by atoms with Crippen LogP contribution < -0.4 is 4.90 Å². The molecule has 0 radical (unpaired) electrons. The van der Waals surface area contributed by atoms with Crippen LogP contribution in [-0.2, 0) is 11.8 Å². The number of anilines is 1. The number of para-hydroxylation sites is 1. The average Bonchev–Trinajstić information content (AvgIpc) is 3.03. The van der Waals surface area contributed by atoms with E-state index in [1.165, 1.54) is 23.9 Å². The minimum atomic E-state index is -0.295. The highest BCUT2D eigenvalue weighted by molar-refractivity contribution is 7.99. The molecule has 3 aromatic rings. The molecule has 0 fully saturated rings. The number of halogens is 1. The van der Waals surface area contributed by atoms with Gasteiger partial charge < -0.3 is 9.47 Å². The molecule has 0 aliphatic carbocycles. The molecular formula is C19H19FN4OS. The molecule has 0 saturated heterocycles. The zero-order chi connectivity index (χ0) is 18.5. The fourth-order valence-electron chi connectivity index (χ4n) is 2.61. The summed E-state index contributed by atoms with van der Waals surface area (Å²) >= 11 is 1.34. The minimum absolute atomic E-state index is 0.00929. The van der Waals surface area contributed by atoms with E-state index in [1.807, 2.05) is 48.9 Å². The monoisotopic (exact) mass is 370 g/mol. The highest BCUT2D eigenvalue weighted by atomic mass is 32.2. The lowest BCUT2D eigenvalue weighted by Crippen LogP contribution is -2.32. The highest BCUT2D eigenvalue weighted by Crippen LogP contribution is 2.24. The van der Waals surface area contributed by atoms with Crippen LogP contribution in [0.2, 0.25) is 0 Å². The molecule has 7 heteroatoms. The Labute approximate surface area is 155 Å². The molecule has 0 aliphatic heterocycles. The van der Waals surface area contributed by atoms with Gasteiger partial charge in [-0.25, -0.2) is 4.39 Å². The molecule has 1 aromatic heterocycles. The van der Waals surface area contributed by atoms with Crippen LogP contribution in [0.5, 0.6) is 0 Å². The van der Waals surface area contributed by atoms with E-state index >= 15 is 0 Å². The Bertz CT molecular complexity index is 880. The van der Waals surface area contributed by atoms with Crippen molar-refractivity contribution in [3.8, 4) is 11.4 Å². The van der Waals surface area contributed by atoms with Crippen LogP contribution in [0, 0.1) is 5.82 Å². The highest BCUT2D eigenvalue weighted by Gasteiger charge is 2.17. The third-order valence-corrected chi connectivity index (χ3v) is 4.95. The zero-order valence-electron chi connectivity index (χ0n) is 14.6. The number of hydrogen-bond acceptors (Lipinski definition) is 4. The van der Waals surface area contributed by atoms with Gasteiger partial charge >= 0.3 is 0 Å². The second-order valence-electron chi connectivity index (χ2n) is 5.63. The number of carbonyl (C=O) groups is 1. The van der Waals surface area contributed by atoms with Gasteiger partial charge in [-0.3, -0.25) is 4.79 Å². The van der Waals surface area contributed by atoms with Gasteiger partial charge in [-0.15, -0.1) is 10.2 Å². The van der Waals surface area contributed by atoms with Gasteiger partial charge in [-0.2, -0.15) is 0 Å². The SMILES string of the molecule is CCN(C(=O)CSc1nnc(-c2ccc(F)cc2)n1C)c1ccccc1. The van der Waals surface area contributed by atoms with Crippen molar-refractivity contribution in [2.45, 2.75) is 12.1 Å². The number of aromatic nitrogens is 3. The normalized spacial score (nSPS) is 10.7. The van der Waals surface area contributed by atoms with Crippen LogP contribution in [0.15, 0.2) is 59.8 Å². The molecule has 0 atom stereocenters. The van der Waals surface area contributed by atoms with E-state index in [2.05, 4.69) is 10.2 Å². The van der Waals surface area contributed by atoms with Crippen molar-refractivity contribution < 1.29 is 9.18 Å². The standard InChI is InChI=1S/C19H19FN4OS/c1-3-24(16-7-5-4-6-8-16)17(25)13-26-19-22-21-18(23(19)2)14-9-11-15(20)12-10-14/h4-12H,3,13H2,1-2H3. The first-order valence-corrected chi connectivity index (χ1v) is 9.22. The quantitative estimate of drug-likeness (QED) is 0.620. The van der Waals surface area contributed by atoms with Gasteiger partial charge in [-0.1, -0.05) is 30.0 Å². The third kappa shape index (κ3) is 3.94. The van der Waals surface area contributed by atoms with Crippen LogP contribution in [0.3, 0.4) is 0 Å². The van der Waals surface area contributed by atoms with Gasteiger partial charge in [0.1, 0.15) is 5.82 Å². The van der Waals surface area contributed by atoms with Gasteiger partial charge in [0.05, 0.1) is 5.75 Å². The Hall–Kier alpha value is -2.67. The van der Waals surface area contributed by atoms with Crippen LogP contribution in [0.25, 0.3) is 11.4 Å². The van der Waals surface area contributed by atoms with Gasteiger partial charge in [0.25, 0.3) is 0 Å². The first-order chi connectivity index (χ1) is 12.6. The minimum Gasteiger partial charge on any atom is -0.312 e. The maximum Gasteiger partial charge on any atom is 0.237 e. The summed E-state index contributed by atoms with van der Waals surface area (Å²) in [7, 11) is 1.83. The summed E-state index contributed by atoms with van der Waals surface area (Å²) in [5.41, 5.74) is 1.66. The van der Waals surface area contributed by atoms with Crippen LogP contribution in [-0.4, -0.2) is 33.0 Å². The molecule has 2 aromatic carbocycles. The zero-order valence-corrected chi connectivity index (χ0v) is 15.4. The Balaban J connectivity index is 1.70. The van der Waals surface area contributed by atoms with Crippen molar-refractivity contribution in [3.05, 3.63) is 60.4 Å². The number of amides is 1. The van der Waals surface area contributed by atoms with E-state index in [9.17, 15) is 9.18 Å². The van der Waals surface area contributed by atoms with Crippen LogP contribution in [0.4, 0.5) is 10.1 Å². The van der Waals surface area contributed by atoms with Crippen molar-refractivity contribution in [2.75, 3.05) is 17.2 Å². The van der Waals surface area contributed by atoms with E-state index in [0.29, 0.717) is 17.5 Å². The maximum atomic E-state index is 13.1. The van der Waals surface area contributed by atoms with Crippen molar-refractivity contribution in [2.24, 2.45) is 7.05 Å². The lowest BCUT2D eigenvalue weighted by Gasteiger charge is -2.20. The second kappa shape index (κ2) is 8.14. The fraction of sp³-hybridized carbons (Fsp3) is 0.211.